The van der Waals surface area contributed by atoms with Crippen molar-refractivity contribution in [3.8, 4) is 0 Å². The molecule has 2 saturated heterocycles. The van der Waals surface area contributed by atoms with Crippen LogP contribution >= 0.6 is 0 Å². The van der Waals surface area contributed by atoms with Gasteiger partial charge in [-0.1, -0.05) is 0 Å². The first-order valence-corrected chi connectivity index (χ1v) is 10.1. The van der Waals surface area contributed by atoms with Crippen molar-refractivity contribution in [1.82, 2.24) is 14.7 Å². The lowest BCUT2D eigenvalue weighted by molar-refractivity contribution is -0.143. The van der Waals surface area contributed by atoms with E-state index in [9.17, 15) is 18.0 Å². The highest BCUT2D eigenvalue weighted by Crippen LogP contribution is 2.27. The lowest BCUT2D eigenvalue weighted by Gasteiger charge is -2.43. The van der Waals surface area contributed by atoms with Crippen molar-refractivity contribution in [2.45, 2.75) is 12.1 Å². The first-order valence-electron chi connectivity index (χ1n) is 8.26. The number of ether oxygens (including phenoxy) is 2. The molecule has 0 radical (unpaired) electrons. The molecule has 2 amide bonds. The predicted molar refractivity (Wildman–Crippen MR) is 90.9 cm³/mol. The second kappa shape index (κ2) is 8.43. The Kier molecular flexibility index (Phi) is 6.78. The van der Waals surface area contributed by atoms with Crippen molar-refractivity contribution in [1.29, 1.82) is 0 Å². The first kappa shape index (κ1) is 20.1. The summed E-state index contributed by atoms with van der Waals surface area (Å²) in [6.45, 7) is 1.64. The van der Waals surface area contributed by atoms with Gasteiger partial charge in [-0.3, -0.25) is 14.5 Å². The van der Waals surface area contributed by atoms with Crippen LogP contribution in [-0.2, 0) is 28.9 Å². The molecule has 0 aromatic carbocycles. The minimum absolute atomic E-state index is 0.0211. The van der Waals surface area contributed by atoms with Gasteiger partial charge in [-0.05, 0) is 0 Å². The average molecular weight is 377 g/mol. The van der Waals surface area contributed by atoms with E-state index in [0.29, 0.717) is 26.3 Å². The predicted octanol–water partition coefficient (Wildman–Crippen LogP) is -1.95. The third-order valence-corrected chi connectivity index (χ3v) is 6.30. The van der Waals surface area contributed by atoms with Crippen LogP contribution in [0.25, 0.3) is 0 Å². The molecule has 2 aliphatic heterocycles. The molecule has 0 aliphatic carbocycles. The summed E-state index contributed by atoms with van der Waals surface area (Å²) in [5, 5.41) is 0. The van der Waals surface area contributed by atoms with Crippen LogP contribution in [0.5, 0.6) is 0 Å². The number of carbonyl (C=O) groups is 2. The van der Waals surface area contributed by atoms with Gasteiger partial charge < -0.3 is 19.3 Å². The molecule has 9 nitrogen and oxygen atoms in total. The van der Waals surface area contributed by atoms with Crippen molar-refractivity contribution < 1.29 is 27.5 Å². The van der Waals surface area contributed by atoms with Crippen molar-refractivity contribution in [2.75, 3.05) is 72.2 Å². The number of methoxy groups -OCH3 is 1. The molecule has 144 valence electrons. The molecule has 25 heavy (non-hydrogen) atoms. The van der Waals surface area contributed by atoms with Gasteiger partial charge in [-0.2, -0.15) is 0 Å². The second-order valence-electron chi connectivity index (χ2n) is 6.60. The topological polar surface area (TPSA) is 96.5 Å². The Morgan fingerprint density at radius 3 is 2.44 bits per heavy atom. The summed E-state index contributed by atoms with van der Waals surface area (Å²) in [4.78, 5) is 29.4. The quantitative estimate of drug-likeness (QED) is 0.476. The first-order chi connectivity index (χ1) is 11.7. The van der Waals surface area contributed by atoms with Gasteiger partial charge in [0, 0.05) is 40.3 Å². The van der Waals surface area contributed by atoms with E-state index >= 15 is 0 Å². The van der Waals surface area contributed by atoms with Crippen LogP contribution in [0.15, 0.2) is 0 Å². The Labute approximate surface area is 148 Å². The molecule has 0 spiro atoms. The summed E-state index contributed by atoms with van der Waals surface area (Å²) in [7, 11) is 1.65. The van der Waals surface area contributed by atoms with Gasteiger partial charge in [0.1, 0.15) is 6.61 Å². The number of amides is 2. The van der Waals surface area contributed by atoms with Gasteiger partial charge >= 0.3 is 0 Å². The number of hydrogen-bond acceptors (Lipinski definition) is 7. The number of carbonyl (C=O) groups excluding carboxylic acids is 2. The summed E-state index contributed by atoms with van der Waals surface area (Å²) < 4.78 is 34.4. The van der Waals surface area contributed by atoms with Gasteiger partial charge in [0.15, 0.2) is 9.84 Å². The molecule has 0 aromatic rings. The van der Waals surface area contributed by atoms with E-state index in [1.54, 1.807) is 26.1 Å². The molecule has 0 saturated carbocycles. The lowest BCUT2D eigenvalue weighted by atomic mass is 10.0. The van der Waals surface area contributed by atoms with Crippen LogP contribution in [0, 0.1) is 0 Å². The summed E-state index contributed by atoms with van der Waals surface area (Å²) in [6, 6.07) is -0.766. The van der Waals surface area contributed by atoms with Crippen molar-refractivity contribution in [2.24, 2.45) is 0 Å². The lowest BCUT2D eigenvalue weighted by Crippen LogP contribution is -2.62. The fraction of sp³-hybridized carbons (Fsp3) is 0.867. The maximum absolute atomic E-state index is 12.4. The number of fused-ring (bicyclic) bond motifs is 1. The SMILES string of the molecule is COCCOCC(=O)N1CCN(CC(=O)N(C)C)[C@@H]2CS(=O)(=O)C[C@@H]21. The molecular formula is C15H27N3O6S. The van der Waals surface area contributed by atoms with Crippen LogP contribution in [0.4, 0.5) is 0 Å². The molecule has 2 atom stereocenters. The van der Waals surface area contributed by atoms with E-state index in [-0.39, 0.29) is 42.5 Å². The second-order valence-corrected chi connectivity index (χ2v) is 8.76. The van der Waals surface area contributed by atoms with Gasteiger partial charge in [-0.25, -0.2) is 8.42 Å². The zero-order valence-corrected chi connectivity index (χ0v) is 15.8. The van der Waals surface area contributed by atoms with Gasteiger partial charge in [0.2, 0.25) is 11.8 Å². The van der Waals surface area contributed by atoms with Crippen molar-refractivity contribution in [3.05, 3.63) is 0 Å². The molecule has 2 heterocycles. The largest absolute Gasteiger partial charge is 0.382 e. The van der Waals surface area contributed by atoms with Crippen LogP contribution in [0.1, 0.15) is 0 Å². The smallest absolute Gasteiger partial charge is 0.248 e. The highest BCUT2D eigenvalue weighted by atomic mass is 32.2. The van der Waals surface area contributed by atoms with E-state index in [0.717, 1.165) is 0 Å². The minimum atomic E-state index is -3.23. The van der Waals surface area contributed by atoms with Crippen LogP contribution in [0.2, 0.25) is 0 Å². The van der Waals surface area contributed by atoms with Gasteiger partial charge in [0.05, 0.1) is 37.3 Å². The van der Waals surface area contributed by atoms with Gasteiger partial charge in [0.25, 0.3) is 0 Å². The van der Waals surface area contributed by atoms with Crippen LogP contribution < -0.4 is 0 Å². The monoisotopic (exact) mass is 377 g/mol. The summed E-state index contributed by atoms with van der Waals surface area (Å²) >= 11 is 0. The highest BCUT2D eigenvalue weighted by molar-refractivity contribution is 7.91. The zero-order valence-electron chi connectivity index (χ0n) is 15.0. The Morgan fingerprint density at radius 1 is 1.12 bits per heavy atom. The molecule has 0 bridgehead atoms. The standard InChI is InChI=1S/C15H27N3O6S/c1-16(2)14(19)8-17-4-5-18(15(20)9-24-7-6-23-3)13-11-25(21,22)10-12(13)17/h12-13H,4-11H2,1-3H3/t12-,13+/m1/s1. The van der Waals surface area contributed by atoms with Crippen LogP contribution in [-0.4, -0.2) is 119 Å². The molecule has 0 aromatic heterocycles. The number of nitrogens with zero attached hydrogens (tertiary/aromatic N) is 3. The van der Waals surface area contributed by atoms with Gasteiger partial charge in [-0.15, -0.1) is 0 Å². The Hall–Kier alpha value is -1.23. The number of hydrogen-bond donors (Lipinski definition) is 0. The Balaban J connectivity index is 2.04. The minimum Gasteiger partial charge on any atom is -0.382 e. The Bertz CT molecular complexity index is 594. The van der Waals surface area contributed by atoms with E-state index in [2.05, 4.69) is 0 Å². The molecule has 10 heteroatoms. The fourth-order valence-corrected chi connectivity index (χ4v) is 5.24. The third-order valence-electron chi connectivity index (χ3n) is 4.61. The van der Waals surface area contributed by atoms with Crippen molar-refractivity contribution in [3.63, 3.8) is 0 Å². The normalized spacial score (nSPS) is 25.6. The summed E-state index contributed by atoms with van der Waals surface area (Å²) in [6.07, 6.45) is 0. The number of likely N-dealkylation sites (N-methyl/N-ethyl adjacent to an activating group) is 1. The van der Waals surface area contributed by atoms with E-state index in [1.165, 1.54) is 4.90 Å². The summed E-state index contributed by atoms with van der Waals surface area (Å²) in [5.41, 5.74) is 0. The van der Waals surface area contributed by atoms with Crippen LogP contribution in [0.3, 0.4) is 0 Å². The van der Waals surface area contributed by atoms with E-state index in [1.807, 2.05) is 4.90 Å². The average Bonchev–Trinajstić information content (AvgIpc) is 2.86. The maximum Gasteiger partial charge on any atom is 0.248 e. The molecule has 2 rings (SSSR count). The molecular weight excluding hydrogens is 350 g/mol. The van der Waals surface area contributed by atoms with E-state index < -0.39 is 15.9 Å². The Morgan fingerprint density at radius 2 is 1.80 bits per heavy atom. The zero-order chi connectivity index (χ0) is 18.6. The number of rotatable bonds is 7. The third kappa shape index (κ3) is 5.13. The fourth-order valence-electron chi connectivity index (χ4n) is 3.23. The molecule has 0 unspecified atom stereocenters. The maximum atomic E-state index is 12.4. The number of piperazine rings is 1. The molecule has 2 fully saturated rings. The van der Waals surface area contributed by atoms with Crippen molar-refractivity contribution >= 4 is 21.7 Å². The highest BCUT2D eigenvalue weighted by Gasteiger charge is 2.48. The molecule has 2 aliphatic rings. The number of sulfone groups is 1. The van der Waals surface area contributed by atoms with E-state index in [4.69, 9.17) is 9.47 Å². The molecule has 0 N–H and O–H groups in total. The summed E-state index contributed by atoms with van der Waals surface area (Å²) in [5.74, 6) is -0.381.